The first-order valence-electron chi connectivity index (χ1n) is 6.21. The van der Waals surface area contributed by atoms with Crippen LogP contribution in [0.2, 0.25) is 0 Å². The Bertz CT molecular complexity index is 452. The fourth-order valence-corrected chi connectivity index (χ4v) is 1.85. The lowest BCUT2D eigenvalue weighted by atomic mass is 10.2. The smallest absolute Gasteiger partial charge is 0.269 e. The van der Waals surface area contributed by atoms with E-state index in [0.717, 1.165) is 5.56 Å². The van der Waals surface area contributed by atoms with E-state index in [1.54, 1.807) is 12.1 Å². The molecule has 0 bridgehead atoms. The summed E-state index contributed by atoms with van der Waals surface area (Å²) in [5, 5.41) is 13.9. The minimum absolute atomic E-state index is 0.104. The van der Waals surface area contributed by atoms with Crippen LogP contribution in [0, 0.1) is 10.1 Å². The number of ether oxygens (including phenoxy) is 2. The zero-order valence-electron chi connectivity index (χ0n) is 11.1. The standard InChI is InChI=1S/C13H18N2O4/c1-13(2)18-8-11(9-19-13)14-7-10-4-3-5-12(6-10)15(16)17/h3-6,11,14H,7-9H2,1-2H3. The number of nitro benzene ring substituents is 1. The minimum atomic E-state index is -0.524. The molecule has 1 heterocycles. The molecule has 1 aromatic rings. The van der Waals surface area contributed by atoms with Gasteiger partial charge in [-0.05, 0) is 19.4 Å². The highest BCUT2D eigenvalue weighted by Crippen LogP contribution is 2.17. The summed E-state index contributed by atoms with van der Waals surface area (Å²) in [6, 6.07) is 6.70. The zero-order chi connectivity index (χ0) is 13.9. The van der Waals surface area contributed by atoms with Crippen molar-refractivity contribution in [2.45, 2.75) is 32.2 Å². The van der Waals surface area contributed by atoms with Crippen LogP contribution in [-0.4, -0.2) is 30.0 Å². The first-order chi connectivity index (χ1) is 8.96. The number of nitrogens with one attached hydrogen (secondary N) is 1. The van der Waals surface area contributed by atoms with Crippen LogP contribution in [0.25, 0.3) is 0 Å². The van der Waals surface area contributed by atoms with Crippen molar-refractivity contribution in [2.75, 3.05) is 13.2 Å². The van der Waals surface area contributed by atoms with Crippen molar-refractivity contribution >= 4 is 5.69 Å². The van der Waals surface area contributed by atoms with E-state index in [-0.39, 0.29) is 11.7 Å². The molecule has 0 spiro atoms. The van der Waals surface area contributed by atoms with Gasteiger partial charge in [0.15, 0.2) is 5.79 Å². The second-order valence-electron chi connectivity index (χ2n) is 5.03. The Morgan fingerprint density at radius 2 is 2.11 bits per heavy atom. The van der Waals surface area contributed by atoms with Crippen LogP contribution >= 0.6 is 0 Å². The number of hydrogen-bond donors (Lipinski definition) is 1. The van der Waals surface area contributed by atoms with E-state index in [2.05, 4.69) is 5.32 Å². The lowest BCUT2D eigenvalue weighted by molar-refractivity contribution is -0.384. The molecule has 0 aromatic heterocycles. The number of benzene rings is 1. The average molecular weight is 266 g/mol. The summed E-state index contributed by atoms with van der Waals surface area (Å²) in [6.07, 6.45) is 0. The molecule has 6 heteroatoms. The molecular formula is C13H18N2O4. The maximum Gasteiger partial charge on any atom is 0.269 e. The van der Waals surface area contributed by atoms with E-state index in [4.69, 9.17) is 9.47 Å². The Kier molecular flexibility index (Phi) is 4.14. The Morgan fingerprint density at radius 1 is 1.42 bits per heavy atom. The Balaban J connectivity index is 1.86. The van der Waals surface area contributed by atoms with Crippen molar-refractivity contribution in [1.82, 2.24) is 5.32 Å². The van der Waals surface area contributed by atoms with E-state index >= 15 is 0 Å². The molecular weight excluding hydrogens is 248 g/mol. The number of non-ortho nitro benzene ring substituents is 1. The lowest BCUT2D eigenvalue weighted by Gasteiger charge is -2.35. The predicted molar refractivity (Wildman–Crippen MR) is 69.7 cm³/mol. The first-order valence-corrected chi connectivity index (χ1v) is 6.21. The summed E-state index contributed by atoms with van der Waals surface area (Å²) in [5.41, 5.74) is 0.982. The van der Waals surface area contributed by atoms with Crippen molar-refractivity contribution in [3.8, 4) is 0 Å². The highest BCUT2D eigenvalue weighted by Gasteiger charge is 2.27. The van der Waals surface area contributed by atoms with E-state index in [9.17, 15) is 10.1 Å². The van der Waals surface area contributed by atoms with Crippen LogP contribution in [-0.2, 0) is 16.0 Å². The van der Waals surface area contributed by atoms with Gasteiger partial charge in [0, 0.05) is 18.7 Å². The fraction of sp³-hybridized carbons (Fsp3) is 0.538. The molecule has 0 saturated carbocycles. The number of rotatable bonds is 4. The van der Waals surface area contributed by atoms with Crippen molar-refractivity contribution in [2.24, 2.45) is 0 Å². The topological polar surface area (TPSA) is 73.6 Å². The SMILES string of the molecule is CC1(C)OCC(NCc2cccc([N+](=O)[O-])c2)CO1. The van der Waals surface area contributed by atoms with Crippen LogP contribution in [0.4, 0.5) is 5.69 Å². The molecule has 19 heavy (non-hydrogen) atoms. The number of nitrogens with zero attached hydrogens (tertiary/aromatic N) is 1. The van der Waals surface area contributed by atoms with Crippen LogP contribution < -0.4 is 5.32 Å². The molecule has 0 aliphatic carbocycles. The Hall–Kier alpha value is -1.50. The summed E-state index contributed by atoms with van der Waals surface area (Å²) in [4.78, 5) is 10.3. The molecule has 0 unspecified atom stereocenters. The molecule has 1 aromatic carbocycles. The quantitative estimate of drug-likeness (QED) is 0.665. The summed E-state index contributed by atoms with van der Waals surface area (Å²) < 4.78 is 11.1. The van der Waals surface area contributed by atoms with E-state index in [1.807, 2.05) is 19.9 Å². The third-order valence-corrected chi connectivity index (χ3v) is 2.98. The second kappa shape index (κ2) is 5.64. The third-order valence-electron chi connectivity index (χ3n) is 2.98. The van der Waals surface area contributed by atoms with E-state index in [1.165, 1.54) is 6.07 Å². The van der Waals surface area contributed by atoms with Crippen molar-refractivity contribution in [1.29, 1.82) is 0 Å². The third kappa shape index (κ3) is 3.99. The van der Waals surface area contributed by atoms with Gasteiger partial charge in [0.1, 0.15) is 0 Å². The van der Waals surface area contributed by atoms with Crippen molar-refractivity contribution < 1.29 is 14.4 Å². The highest BCUT2D eigenvalue weighted by molar-refractivity contribution is 5.34. The maximum atomic E-state index is 10.7. The summed E-state index contributed by atoms with van der Waals surface area (Å²) in [5.74, 6) is -0.524. The van der Waals surface area contributed by atoms with E-state index in [0.29, 0.717) is 19.8 Å². The molecule has 1 aliphatic rings. The molecule has 0 amide bonds. The summed E-state index contributed by atoms with van der Waals surface area (Å²) >= 11 is 0. The second-order valence-corrected chi connectivity index (χ2v) is 5.03. The predicted octanol–water partition coefficient (Wildman–Crippen LogP) is 1.84. The van der Waals surface area contributed by atoms with Gasteiger partial charge in [-0.25, -0.2) is 0 Å². The minimum Gasteiger partial charge on any atom is -0.349 e. The first kappa shape index (κ1) is 13.9. The molecule has 1 aliphatic heterocycles. The molecule has 2 rings (SSSR count). The van der Waals surface area contributed by atoms with Crippen LogP contribution in [0.5, 0.6) is 0 Å². The van der Waals surface area contributed by atoms with Crippen LogP contribution in [0.3, 0.4) is 0 Å². The Morgan fingerprint density at radius 3 is 2.74 bits per heavy atom. The van der Waals surface area contributed by atoms with Gasteiger partial charge in [-0.15, -0.1) is 0 Å². The van der Waals surface area contributed by atoms with Gasteiger partial charge < -0.3 is 14.8 Å². The normalized spacial score (nSPS) is 19.3. The maximum absolute atomic E-state index is 10.7. The van der Waals surface area contributed by atoms with Gasteiger partial charge in [0.25, 0.3) is 5.69 Å². The molecule has 1 fully saturated rings. The highest BCUT2D eigenvalue weighted by atomic mass is 16.7. The van der Waals surface area contributed by atoms with Crippen LogP contribution in [0.15, 0.2) is 24.3 Å². The number of nitro groups is 1. The number of hydrogen-bond acceptors (Lipinski definition) is 5. The van der Waals surface area contributed by atoms with Gasteiger partial charge >= 0.3 is 0 Å². The fourth-order valence-electron chi connectivity index (χ4n) is 1.85. The van der Waals surface area contributed by atoms with Gasteiger partial charge in [0.05, 0.1) is 24.2 Å². The van der Waals surface area contributed by atoms with Crippen LogP contribution in [0.1, 0.15) is 19.4 Å². The van der Waals surface area contributed by atoms with Gasteiger partial charge in [0.2, 0.25) is 0 Å². The monoisotopic (exact) mass is 266 g/mol. The van der Waals surface area contributed by atoms with Crippen molar-refractivity contribution in [3.05, 3.63) is 39.9 Å². The molecule has 1 saturated heterocycles. The largest absolute Gasteiger partial charge is 0.349 e. The molecule has 6 nitrogen and oxygen atoms in total. The van der Waals surface area contributed by atoms with Gasteiger partial charge in [-0.1, -0.05) is 12.1 Å². The molecule has 1 N–H and O–H groups in total. The summed E-state index contributed by atoms with van der Waals surface area (Å²) in [7, 11) is 0. The van der Waals surface area contributed by atoms with Gasteiger partial charge in [-0.3, -0.25) is 10.1 Å². The molecule has 0 radical (unpaired) electrons. The van der Waals surface area contributed by atoms with Crippen molar-refractivity contribution in [3.63, 3.8) is 0 Å². The lowest BCUT2D eigenvalue weighted by Crippen LogP contribution is -2.48. The Labute approximate surface area is 111 Å². The average Bonchev–Trinajstić information content (AvgIpc) is 2.38. The van der Waals surface area contributed by atoms with Gasteiger partial charge in [-0.2, -0.15) is 0 Å². The molecule has 0 atom stereocenters. The zero-order valence-corrected chi connectivity index (χ0v) is 11.1. The van der Waals surface area contributed by atoms with E-state index < -0.39 is 10.7 Å². The molecule has 104 valence electrons. The summed E-state index contributed by atoms with van der Waals surface area (Å²) in [6.45, 7) is 5.46.